The maximum atomic E-state index is 12.9. The van der Waals surface area contributed by atoms with Gasteiger partial charge in [-0.2, -0.15) is 0 Å². The summed E-state index contributed by atoms with van der Waals surface area (Å²) in [4.78, 5) is 17.9. The first-order chi connectivity index (χ1) is 16.6. The van der Waals surface area contributed by atoms with Gasteiger partial charge >= 0.3 is 0 Å². The van der Waals surface area contributed by atoms with E-state index in [0.717, 1.165) is 34.0 Å². The molecule has 2 heterocycles. The number of nitrogens with zero attached hydrogens (tertiary/aromatic N) is 2. The molecule has 1 atom stereocenters. The van der Waals surface area contributed by atoms with Gasteiger partial charge in [0.15, 0.2) is 0 Å². The normalized spacial score (nSPS) is 11.9. The Morgan fingerprint density at radius 3 is 2.32 bits per heavy atom. The molecule has 0 aliphatic carbocycles. The summed E-state index contributed by atoms with van der Waals surface area (Å²) in [6.07, 6.45) is 3.51. The molecule has 0 aliphatic heterocycles. The van der Waals surface area contributed by atoms with Crippen LogP contribution in [0, 0.1) is 0 Å². The van der Waals surface area contributed by atoms with E-state index in [2.05, 4.69) is 16.1 Å². The van der Waals surface area contributed by atoms with Gasteiger partial charge in [0.05, 0.1) is 5.02 Å². The molecular weight excluding hydrogens is 466 g/mol. The number of H-pyrrole nitrogens is 1. The molecular formula is C27H20ClN3O2S. The highest BCUT2D eigenvalue weighted by molar-refractivity contribution is 7.99. The molecule has 0 saturated carbocycles. The predicted octanol–water partition coefficient (Wildman–Crippen LogP) is 6.39. The number of aromatic hydroxyl groups is 1. The van der Waals surface area contributed by atoms with Crippen molar-refractivity contribution in [2.24, 2.45) is 0 Å². The summed E-state index contributed by atoms with van der Waals surface area (Å²) in [6.45, 7) is 0. The minimum atomic E-state index is -0.448. The third-order valence-corrected chi connectivity index (χ3v) is 7.09. The van der Waals surface area contributed by atoms with Crippen molar-refractivity contribution in [1.29, 1.82) is 0 Å². The molecule has 0 bridgehead atoms. The fourth-order valence-electron chi connectivity index (χ4n) is 3.90. The minimum Gasteiger partial charge on any atom is -0.493 e. The third kappa shape index (κ3) is 4.38. The first-order valence-corrected chi connectivity index (χ1v) is 11.8. The number of benzene rings is 3. The van der Waals surface area contributed by atoms with Gasteiger partial charge in [-0.1, -0.05) is 84.0 Å². The quantitative estimate of drug-likeness (QED) is 0.292. The average molecular weight is 486 g/mol. The summed E-state index contributed by atoms with van der Waals surface area (Å²) >= 11 is 7.43. The summed E-state index contributed by atoms with van der Waals surface area (Å²) in [6, 6.07) is 28.5. The highest BCUT2D eigenvalue weighted by atomic mass is 35.5. The number of rotatable bonds is 6. The number of aromatic nitrogens is 3. The van der Waals surface area contributed by atoms with E-state index >= 15 is 0 Å². The van der Waals surface area contributed by atoms with E-state index in [9.17, 15) is 9.90 Å². The van der Waals surface area contributed by atoms with Crippen LogP contribution in [-0.2, 0) is 0 Å². The van der Waals surface area contributed by atoms with Crippen LogP contribution in [0.25, 0.3) is 11.1 Å². The summed E-state index contributed by atoms with van der Waals surface area (Å²) in [5, 5.41) is 14.6. The summed E-state index contributed by atoms with van der Waals surface area (Å²) in [7, 11) is 0. The standard InChI is InChI=1S/C27H20ClN3O2S/c28-22-11-4-5-12-23(22)34-25-26(32)30-31(27(25)33)24(19-7-2-1-3-8-19)21-10-6-9-20(17-21)18-13-15-29-16-14-18/h1-17,24,33H,(H,30,32). The average Bonchev–Trinajstić information content (AvgIpc) is 3.15. The van der Waals surface area contributed by atoms with Crippen LogP contribution in [0.5, 0.6) is 5.88 Å². The van der Waals surface area contributed by atoms with Crippen molar-refractivity contribution in [3.8, 4) is 17.0 Å². The van der Waals surface area contributed by atoms with Crippen LogP contribution < -0.4 is 5.56 Å². The molecule has 2 N–H and O–H groups in total. The lowest BCUT2D eigenvalue weighted by Crippen LogP contribution is -2.16. The van der Waals surface area contributed by atoms with Crippen LogP contribution in [0.2, 0.25) is 5.02 Å². The first kappa shape index (κ1) is 22.1. The monoisotopic (exact) mass is 485 g/mol. The molecule has 34 heavy (non-hydrogen) atoms. The Hall–Kier alpha value is -3.74. The van der Waals surface area contributed by atoms with Crippen LogP contribution in [-0.4, -0.2) is 19.9 Å². The number of nitrogens with one attached hydrogen (secondary N) is 1. The van der Waals surface area contributed by atoms with Gasteiger partial charge in [-0.3, -0.25) is 14.9 Å². The maximum Gasteiger partial charge on any atom is 0.282 e. The van der Waals surface area contributed by atoms with E-state index in [-0.39, 0.29) is 16.3 Å². The second-order valence-corrected chi connectivity index (χ2v) is 9.13. The fraction of sp³-hybridized carbons (Fsp3) is 0.0370. The molecule has 2 aromatic heterocycles. The van der Waals surface area contributed by atoms with Gasteiger partial charge in [0, 0.05) is 17.3 Å². The Balaban J connectivity index is 1.63. The highest BCUT2D eigenvalue weighted by Gasteiger charge is 2.25. The van der Waals surface area contributed by atoms with E-state index in [4.69, 9.17) is 11.6 Å². The minimum absolute atomic E-state index is 0.141. The summed E-state index contributed by atoms with van der Waals surface area (Å²) < 4.78 is 1.52. The zero-order valence-electron chi connectivity index (χ0n) is 17.9. The number of pyridine rings is 1. The van der Waals surface area contributed by atoms with Crippen molar-refractivity contribution in [2.45, 2.75) is 15.8 Å². The van der Waals surface area contributed by atoms with Gasteiger partial charge in [-0.15, -0.1) is 0 Å². The van der Waals surface area contributed by atoms with Crippen molar-refractivity contribution in [1.82, 2.24) is 14.8 Å². The maximum absolute atomic E-state index is 12.9. The van der Waals surface area contributed by atoms with E-state index in [1.807, 2.05) is 78.9 Å². The van der Waals surface area contributed by atoms with Gasteiger partial charge in [-0.25, -0.2) is 4.68 Å². The summed E-state index contributed by atoms with van der Waals surface area (Å²) in [5.74, 6) is -0.141. The molecule has 0 amide bonds. The molecule has 5 nitrogen and oxygen atoms in total. The number of aromatic amines is 1. The van der Waals surface area contributed by atoms with Gasteiger partial charge in [-0.05, 0) is 52.6 Å². The second kappa shape index (κ2) is 9.63. The molecule has 5 aromatic rings. The zero-order valence-corrected chi connectivity index (χ0v) is 19.5. The van der Waals surface area contributed by atoms with Gasteiger partial charge in [0.1, 0.15) is 10.9 Å². The van der Waals surface area contributed by atoms with Crippen molar-refractivity contribution in [3.05, 3.63) is 130 Å². The van der Waals surface area contributed by atoms with Crippen molar-refractivity contribution < 1.29 is 5.11 Å². The van der Waals surface area contributed by atoms with E-state index < -0.39 is 6.04 Å². The Morgan fingerprint density at radius 2 is 1.56 bits per heavy atom. The number of hydrogen-bond acceptors (Lipinski definition) is 4. The van der Waals surface area contributed by atoms with E-state index in [0.29, 0.717) is 9.92 Å². The van der Waals surface area contributed by atoms with Crippen LogP contribution in [0.4, 0.5) is 0 Å². The molecule has 7 heteroatoms. The van der Waals surface area contributed by atoms with Crippen LogP contribution >= 0.6 is 23.4 Å². The first-order valence-electron chi connectivity index (χ1n) is 10.6. The lowest BCUT2D eigenvalue weighted by atomic mass is 9.95. The van der Waals surface area contributed by atoms with E-state index in [1.165, 1.54) is 4.68 Å². The predicted molar refractivity (Wildman–Crippen MR) is 136 cm³/mol. The van der Waals surface area contributed by atoms with Gasteiger partial charge in [0.25, 0.3) is 5.56 Å². The molecule has 0 aliphatic rings. The Labute approximate surface area is 205 Å². The molecule has 0 fully saturated rings. The molecule has 0 spiro atoms. The van der Waals surface area contributed by atoms with Crippen molar-refractivity contribution in [3.63, 3.8) is 0 Å². The van der Waals surface area contributed by atoms with Crippen LogP contribution in [0.1, 0.15) is 17.2 Å². The topological polar surface area (TPSA) is 70.9 Å². The third-order valence-electron chi connectivity index (χ3n) is 5.50. The van der Waals surface area contributed by atoms with Crippen LogP contribution in [0.15, 0.2) is 118 Å². The number of hydrogen-bond donors (Lipinski definition) is 2. The fourth-order valence-corrected chi connectivity index (χ4v) is 5.01. The lowest BCUT2D eigenvalue weighted by molar-refractivity contribution is 0.384. The summed E-state index contributed by atoms with van der Waals surface area (Å²) in [5.41, 5.74) is 3.50. The molecule has 168 valence electrons. The molecule has 3 aromatic carbocycles. The number of halogens is 1. The molecule has 0 saturated heterocycles. The SMILES string of the molecule is O=c1[nH]n(C(c2ccccc2)c2cccc(-c3ccncc3)c2)c(O)c1Sc1ccccc1Cl. The van der Waals surface area contributed by atoms with Crippen molar-refractivity contribution >= 4 is 23.4 Å². The molecule has 1 unspecified atom stereocenters. The lowest BCUT2D eigenvalue weighted by Gasteiger charge is -2.21. The Bertz CT molecular complexity index is 1480. The highest BCUT2D eigenvalue weighted by Crippen LogP contribution is 2.39. The second-order valence-electron chi connectivity index (χ2n) is 7.67. The van der Waals surface area contributed by atoms with Crippen LogP contribution in [0.3, 0.4) is 0 Å². The zero-order chi connectivity index (χ0) is 23.5. The molecule has 0 radical (unpaired) electrons. The smallest absolute Gasteiger partial charge is 0.282 e. The van der Waals surface area contributed by atoms with E-state index in [1.54, 1.807) is 18.5 Å². The van der Waals surface area contributed by atoms with Gasteiger partial charge in [0.2, 0.25) is 5.88 Å². The largest absolute Gasteiger partial charge is 0.493 e. The molecule has 5 rings (SSSR count). The Kier molecular flexibility index (Phi) is 6.25. The van der Waals surface area contributed by atoms with Gasteiger partial charge < -0.3 is 5.11 Å². The van der Waals surface area contributed by atoms with Crippen molar-refractivity contribution in [2.75, 3.05) is 0 Å². The Morgan fingerprint density at radius 1 is 0.853 bits per heavy atom.